The summed E-state index contributed by atoms with van der Waals surface area (Å²) in [4.78, 5) is 8.00. The number of fused-ring (bicyclic) bond motifs is 6. The number of nitrogens with zero attached hydrogens (tertiary/aromatic N) is 10. The molecular formula is C45H40N10O15S6. The molecule has 8 rings (SSSR count). The molecule has 0 aliphatic rings. The third kappa shape index (κ3) is 11.9. The zero-order chi connectivity index (χ0) is 55.1. The number of hydrogen-bond donors (Lipinski definition) is 5. The van der Waals surface area contributed by atoms with Crippen LogP contribution < -0.4 is 9.47 Å². The number of thiazole rings is 1. The fraction of sp³-hybridized carbons (Fsp3) is 0.222. The van der Waals surface area contributed by atoms with Gasteiger partial charge in [0.1, 0.15) is 44.7 Å². The number of azo groups is 3. The van der Waals surface area contributed by atoms with Gasteiger partial charge in [-0.3, -0.25) is 22.6 Å². The minimum Gasteiger partial charge on any atom is -0.495 e. The monoisotopic (exact) mass is 1150 g/mol. The first-order valence-electron chi connectivity index (χ1n) is 21.9. The molecule has 0 unspecified atom stereocenters. The quantitative estimate of drug-likeness (QED) is 0.0217. The second-order valence-corrected chi connectivity index (χ2v) is 24.5. The fourth-order valence-electron chi connectivity index (χ4n) is 7.73. The number of ether oxygens (including phenoxy) is 2. The van der Waals surface area contributed by atoms with Crippen LogP contribution in [0.25, 0.3) is 37.7 Å². The van der Waals surface area contributed by atoms with Crippen LogP contribution in [0.15, 0.2) is 112 Å². The molecule has 0 fully saturated rings. The van der Waals surface area contributed by atoms with Crippen molar-refractivity contribution >= 4 is 135 Å². The molecule has 8 aromatic rings. The van der Waals surface area contributed by atoms with Crippen molar-refractivity contribution in [2.24, 2.45) is 30.7 Å². The van der Waals surface area contributed by atoms with E-state index in [1.807, 2.05) is 6.07 Å². The van der Waals surface area contributed by atoms with E-state index in [0.29, 0.717) is 37.2 Å². The molecule has 0 bridgehead atoms. The van der Waals surface area contributed by atoms with Crippen molar-refractivity contribution in [1.82, 2.24) is 14.4 Å². The van der Waals surface area contributed by atoms with E-state index in [2.05, 4.69) is 40.7 Å². The minimum absolute atomic E-state index is 0.00533. The number of aromatic hydroxyl groups is 1. The number of benzene rings is 5. The number of imidazole rings is 1. The highest BCUT2D eigenvalue weighted by Crippen LogP contribution is 2.45. The molecule has 396 valence electrons. The summed E-state index contributed by atoms with van der Waals surface area (Å²) in [6.45, 7) is 4.50. The van der Waals surface area contributed by atoms with Crippen LogP contribution in [0.5, 0.6) is 17.4 Å². The highest BCUT2D eigenvalue weighted by Gasteiger charge is 2.28. The Morgan fingerprint density at radius 3 is 2.04 bits per heavy atom. The van der Waals surface area contributed by atoms with Crippen molar-refractivity contribution in [2.75, 3.05) is 31.0 Å². The van der Waals surface area contributed by atoms with E-state index in [9.17, 15) is 62.3 Å². The molecule has 0 saturated carbocycles. The van der Waals surface area contributed by atoms with Crippen LogP contribution >= 0.6 is 23.1 Å². The van der Waals surface area contributed by atoms with E-state index in [4.69, 9.17) is 9.47 Å². The third-order valence-electron chi connectivity index (χ3n) is 11.3. The zero-order valence-corrected chi connectivity index (χ0v) is 44.7. The van der Waals surface area contributed by atoms with Crippen molar-refractivity contribution in [3.05, 3.63) is 89.0 Å². The van der Waals surface area contributed by atoms with Crippen LogP contribution in [-0.4, -0.2) is 102 Å². The summed E-state index contributed by atoms with van der Waals surface area (Å²) in [6.07, 6.45) is -0.130. The molecule has 0 aliphatic carbocycles. The van der Waals surface area contributed by atoms with Crippen molar-refractivity contribution in [2.45, 2.75) is 48.3 Å². The predicted molar refractivity (Wildman–Crippen MR) is 280 cm³/mol. The molecule has 0 spiro atoms. The lowest BCUT2D eigenvalue weighted by molar-refractivity contribution is 0.317. The lowest BCUT2D eigenvalue weighted by Gasteiger charge is -2.12. The summed E-state index contributed by atoms with van der Waals surface area (Å²) < 4.78 is 147. The summed E-state index contributed by atoms with van der Waals surface area (Å²) in [7, 11) is -17.1. The number of thioether (sulfide) groups is 1. The van der Waals surface area contributed by atoms with E-state index in [0.717, 1.165) is 15.7 Å². The van der Waals surface area contributed by atoms with Crippen molar-refractivity contribution in [3.63, 3.8) is 0 Å². The molecule has 0 radical (unpaired) electrons. The summed E-state index contributed by atoms with van der Waals surface area (Å²) in [6, 6.07) is 19.0. The highest BCUT2D eigenvalue weighted by molar-refractivity contribution is 7.99. The molecule has 31 heteroatoms. The standard InChI is InChI=1S/C45H40N10O15S6/c1-23-17-31(51-53-38-25(3)28(22-46)43-47-39-33(55(43)44(38)56)11-12-34(69-4)42(39)76(66,67)68)35(70-13-7-15-73(57,58)59)20-29(23)49-52-32-18-24(2)30(21-36(32)71-14-8-16-74(60,61)62)50-54-45-48-40-37(75(63,64)65)19-26-9-5-6-10-27(26)41(40)72-45/h5-6,9-12,17-21,56H,7-8,13-16H2,1-4H3,(H,57,58,59)(H,60,61,62)(H,63,64,65)(H,66,67,68). The van der Waals surface area contributed by atoms with Gasteiger partial charge in [0.2, 0.25) is 11.0 Å². The third-order valence-corrected chi connectivity index (χ3v) is 16.8. The topological polar surface area (TPSA) is 384 Å². The lowest BCUT2D eigenvalue weighted by Crippen LogP contribution is -2.08. The smallest absolute Gasteiger partial charge is 0.300 e. The molecule has 3 heterocycles. The molecule has 0 amide bonds. The Morgan fingerprint density at radius 1 is 0.724 bits per heavy atom. The van der Waals surface area contributed by atoms with Crippen LogP contribution in [0.3, 0.4) is 0 Å². The van der Waals surface area contributed by atoms with Gasteiger partial charge in [0.15, 0.2) is 16.2 Å². The van der Waals surface area contributed by atoms with E-state index < -0.39 is 67.6 Å². The number of nitriles is 1. The molecule has 5 N–H and O–H groups in total. The van der Waals surface area contributed by atoms with Crippen molar-refractivity contribution < 1.29 is 66.5 Å². The first kappa shape index (κ1) is 55.1. The molecule has 25 nitrogen and oxygen atoms in total. The molecule has 0 saturated heterocycles. The van der Waals surface area contributed by atoms with Crippen LogP contribution in [0, 0.1) is 32.1 Å². The van der Waals surface area contributed by atoms with Gasteiger partial charge in [-0.15, -0.1) is 37.3 Å². The molecule has 3 aromatic heterocycles. The Morgan fingerprint density at radius 2 is 1.37 bits per heavy atom. The van der Waals surface area contributed by atoms with Crippen LogP contribution in [0.1, 0.15) is 35.1 Å². The summed E-state index contributed by atoms with van der Waals surface area (Å²) >= 11 is 2.22. The number of rotatable bonds is 19. The largest absolute Gasteiger partial charge is 0.495 e. The fourth-order valence-corrected chi connectivity index (χ4v) is 12.3. The van der Waals surface area contributed by atoms with Crippen LogP contribution in [0.2, 0.25) is 0 Å². The van der Waals surface area contributed by atoms with Crippen LogP contribution in [-0.2, 0) is 40.5 Å². The van der Waals surface area contributed by atoms with Gasteiger partial charge in [-0.05, 0) is 92.3 Å². The van der Waals surface area contributed by atoms with Crippen molar-refractivity contribution in [1.29, 1.82) is 5.26 Å². The number of hydrogen-bond acceptors (Lipinski definition) is 22. The van der Waals surface area contributed by atoms with E-state index >= 15 is 0 Å². The Bertz CT molecular complexity index is 4310. The Kier molecular flexibility index (Phi) is 15.6. The zero-order valence-electron chi connectivity index (χ0n) is 39.8. The highest BCUT2D eigenvalue weighted by atomic mass is 32.2. The van der Waals surface area contributed by atoms with Gasteiger partial charge in [0, 0.05) is 21.9 Å². The maximum atomic E-state index is 12.5. The number of methoxy groups -OCH3 is 1. The first-order valence-corrected chi connectivity index (χ1v) is 29.8. The maximum absolute atomic E-state index is 12.5. The summed E-state index contributed by atoms with van der Waals surface area (Å²) in [5.74, 6) is -1.91. The van der Waals surface area contributed by atoms with Gasteiger partial charge < -0.3 is 14.6 Å². The van der Waals surface area contributed by atoms with Gasteiger partial charge in [-0.1, -0.05) is 35.6 Å². The van der Waals surface area contributed by atoms with Gasteiger partial charge >= 0.3 is 0 Å². The van der Waals surface area contributed by atoms with E-state index in [-0.39, 0.29) is 97.9 Å². The van der Waals surface area contributed by atoms with E-state index in [1.54, 1.807) is 50.2 Å². The number of aromatic nitrogens is 3. The molecule has 5 aromatic carbocycles. The normalized spacial score (nSPS) is 12.9. The second-order valence-electron chi connectivity index (χ2n) is 16.5. The molecular weight excluding hydrogens is 1110 g/mol. The molecule has 0 atom stereocenters. The Labute approximate surface area is 440 Å². The Balaban J connectivity index is 1.18. The van der Waals surface area contributed by atoms with Gasteiger partial charge in [0.25, 0.3) is 40.5 Å². The Hall–Kier alpha value is -7.12. The summed E-state index contributed by atoms with van der Waals surface area (Å²) in [5.41, 5.74) is 0.878. The van der Waals surface area contributed by atoms with Crippen molar-refractivity contribution in [3.8, 4) is 23.4 Å². The van der Waals surface area contributed by atoms with Gasteiger partial charge in [-0.2, -0.15) is 44.0 Å². The lowest BCUT2D eigenvalue weighted by atomic mass is 10.1. The number of pyridine rings is 1. The van der Waals surface area contributed by atoms with E-state index in [1.165, 1.54) is 56.1 Å². The van der Waals surface area contributed by atoms with Gasteiger partial charge in [-0.25, -0.2) is 9.97 Å². The second kappa shape index (κ2) is 21.5. The average molecular weight is 1150 g/mol. The molecule has 76 heavy (non-hydrogen) atoms. The van der Waals surface area contributed by atoms with Crippen LogP contribution in [0.4, 0.5) is 33.6 Å². The van der Waals surface area contributed by atoms with Gasteiger partial charge in [0.05, 0.1) is 52.5 Å². The first-order chi connectivity index (χ1) is 35.8. The minimum atomic E-state index is -4.95. The predicted octanol–water partition coefficient (Wildman–Crippen LogP) is 10.5. The summed E-state index contributed by atoms with van der Waals surface area (Å²) in [5, 5.41) is 49.5. The average Bonchev–Trinajstić information content (AvgIpc) is 4.01. The molecule has 0 aliphatic heterocycles. The SMILES string of the molecule is COc1ccc2c(nc3c(C#N)c(C)c(N=Nc4cc(C)c(N=Nc5cc(C)c(N=Nc6nc7c(S(=O)(=O)O)cc8ccccc8c7s6)cc5SCCCS(=O)(=O)O)cc4OCCCS(=O)(=O)O)c(O)n32)c1S(=O)(=O)O. The maximum Gasteiger partial charge on any atom is 0.300 e. The number of aryl methyl sites for hydroxylation is 2.